The third kappa shape index (κ3) is 3.46. The smallest absolute Gasteiger partial charge is 0.0224 e. The molecular weight excluding hydrogens is 222 g/mol. The van der Waals surface area contributed by atoms with Gasteiger partial charge in [-0.05, 0) is 54.0 Å². The number of fused-ring (bicyclic) bond motifs is 1. The SMILES string of the molecule is CC(CNC(C)(C)C)N1CC2CCCN2CC1C. The zero-order valence-electron chi connectivity index (χ0n) is 12.9. The monoisotopic (exact) mass is 253 g/mol. The first-order valence-corrected chi connectivity index (χ1v) is 7.61. The fraction of sp³-hybridized carbons (Fsp3) is 1.00. The molecule has 0 amide bonds. The standard InChI is InChI=1S/C15H31N3/c1-12(9-16-15(3,4)5)18-11-14-7-6-8-17(14)10-13(18)2/h12-14,16H,6-11H2,1-5H3. The van der Waals surface area contributed by atoms with Gasteiger partial charge in [0.1, 0.15) is 0 Å². The van der Waals surface area contributed by atoms with Gasteiger partial charge in [-0.15, -0.1) is 0 Å². The van der Waals surface area contributed by atoms with Crippen molar-refractivity contribution in [1.29, 1.82) is 0 Å². The molecule has 2 heterocycles. The second-order valence-electron chi connectivity index (χ2n) is 7.32. The molecule has 2 aliphatic rings. The Balaban J connectivity index is 1.87. The topological polar surface area (TPSA) is 18.5 Å². The van der Waals surface area contributed by atoms with Gasteiger partial charge in [-0.25, -0.2) is 0 Å². The Morgan fingerprint density at radius 3 is 2.67 bits per heavy atom. The van der Waals surface area contributed by atoms with Crippen LogP contribution in [0.3, 0.4) is 0 Å². The summed E-state index contributed by atoms with van der Waals surface area (Å²) in [5.74, 6) is 0. The van der Waals surface area contributed by atoms with Crippen molar-refractivity contribution in [2.75, 3.05) is 26.2 Å². The second kappa shape index (κ2) is 5.48. The van der Waals surface area contributed by atoms with Gasteiger partial charge < -0.3 is 5.32 Å². The lowest BCUT2D eigenvalue weighted by Crippen LogP contribution is -2.59. The minimum Gasteiger partial charge on any atom is -0.311 e. The van der Waals surface area contributed by atoms with Crippen molar-refractivity contribution in [2.24, 2.45) is 0 Å². The molecule has 2 rings (SSSR count). The van der Waals surface area contributed by atoms with Gasteiger partial charge in [-0.2, -0.15) is 0 Å². The van der Waals surface area contributed by atoms with Gasteiger partial charge in [-0.3, -0.25) is 9.80 Å². The van der Waals surface area contributed by atoms with Crippen LogP contribution >= 0.6 is 0 Å². The fourth-order valence-corrected chi connectivity index (χ4v) is 3.40. The van der Waals surface area contributed by atoms with Gasteiger partial charge >= 0.3 is 0 Å². The lowest BCUT2D eigenvalue weighted by molar-refractivity contribution is 0.0315. The summed E-state index contributed by atoms with van der Waals surface area (Å²) in [6, 6.07) is 2.18. The minimum atomic E-state index is 0.229. The first-order chi connectivity index (χ1) is 8.37. The van der Waals surface area contributed by atoms with Crippen LogP contribution in [0.2, 0.25) is 0 Å². The Morgan fingerprint density at radius 2 is 2.00 bits per heavy atom. The average Bonchev–Trinajstić information content (AvgIpc) is 2.70. The van der Waals surface area contributed by atoms with Crippen molar-refractivity contribution in [1.82, 2.24) is 15.1 Å². The summed E-state index contributed by atoms with van der Waals surface area (Å²) in [4.78, 5) is 5.41. The zero-order chi connectivity index (χ0) is 13.3. The molecule has 2 saturated heterocycles. The second-order valence-corrected chi connectivity index (χ2v) is 7.32. The molecule has 0 aliphatic carbocycles. The highest BCUT2D eigenvalue weighted by molar-refractivity contribution is 4.93. The number of piperazine rings is 1. The lowest BCUT2D eigenvalue weighted by atomic mass is 10.0. The normalized spacial score (nSPS) is 32.5. The van der Waals surface area contributed by atoms with E-state index < -0.39 is 0 Å². The molecule has 0 saturated carbocycles. The van der Waals surface area contributed by atoms with E-state index in [1.54, 1.807) is 0 Å². The van der Waals surface area contributed by atoms with Gasteiger partial charge in [0.25, 0.3) is 0 Å². The van der Waals surface area contributed by atoms with E-state index in [4.69, 9.17) is 0 Å². The van der Waals surface area contributed by atoms with Crippen LogP contribution < -0.4 is 5.32 Å². The highest BCUT2D eigenvalue weighted by atomic mass is 15.3. The zero-order valence-corrected chi connectivity index (χ0v) is 12.9. The third-order valence-corrected chi connectivity index (χ3v) is 4.48. The minimum absolute atomic E-state index is 0.229. The van der Waals surface area contributed by atoms with Crippen molar-refractivity contribution in [3.05, 3.63) is 0 Å². The molecule has 3 unspecified atom stereocenters. The largest absolute Gasteiger partial charge is 0.311 e. The number of rotatable bonds is 3. The van der Waals surface area contributed by atoms with E-state index in [1.807, 2.05) is 0 Å². The highest BCUT2D eigenvalue weighted by Gasteiger charge is 2.36. The van der Waals surface area contributed by atoms with E-state index in [-0.39, 0.29) is 5.54 Å². The van der Waals surface area contributed by atoms with Crippen molar-refractivity contribution in [3.63, 3.8) is 0 Å². The summed E-state index contributed by atoms with van der Waals surface area (Å²) in [5, 5.41) is 3.64. The molecule has 3 heteroatoms. The molecule has 2 fully saturated rings. The summed E-state index contributed by atoms with van der Waals surface area (Å²) in [6.45, 7) is 16.5. The molecule has 3 atom stereocenters. The highest BCUT2D eigenvalue weighted by Crippen LogP contribution is 2.25. The van der Waals surface area contributed by atoms with Crippen LogP contribution in [-0.4, -0.2) is 59.6 Å². The van der Waals surface area contributed by atoms with E-state index in [0.29, 0.717) is 12.1 Å². The van der Waals surface area contributed by atoms with Crippen molar-refractivity contribution in [3.8, 4) is 0 Å². The van der Waals surface area contributed by atoms with E-state index in [0.717, 1.165) is 12.6 Å². The van der Waals surface area contributed by atoms with Crippen LogP contribution in [0.5, 0.6) is 0 Å². The molecule has 1 N–H and O–H groups in total. The number of nitrogens with one attached hydrogen (secondary N) is 1. The van der Waals surface area contributed by atoms with Crippen molar-refractivity contribution in [2.45, 2.75) is 71.1 Å². The molecule has 3 nitrogen and oxygen atoms in total. The van der Waals surface area contributed by atoms with Crippen LogP contribution in [-0.2, 0) is 0 Å². The predicted octanol–water partition coefficient (Wildman–Crippen LogP) is 1.93. The quantitative estimate of drug-likeness (QED) is 0.829. The summed E-state index contributed by atoms with van der Waals surface area (Å²) in [6.07, 6.45) is 2.81. The van der Waals surface area contributed by atoms with Crippen LogP contribution in [0.25, 0.3) is 0 Å². The summed E-state index contributed by atoms with van der Waals surface area (Å²) in [7, 11) is 0. The average molecular weight is 253 g/mol. The molecule has 106 valence electrons. The summed E-state index contributed by atoms with van der Waals surface area (Å²) >= 11 is 0. The van der Waals surface area contributed by atoms with E-state index >= 15 is 0 Å². The molecule has 0 aromatic heterocycles. The first kappa shape index (κ1) is 14.3. The van der Waals surface area contributed by atoms with Crippen LogP contribution in [0.4, 0.5) is 0 Å². The van der Waals surface area contributed by atoms with Gasteiger partial charge in [0.05, 0.1) is 0 Å². The van der Waals surface area contributed by atoms with Gasteiger partial charge in [0.15, 0.2) is 0 Å². The molecule has 0 radical (unpaired) electrons. The summed E-state index contributed by atoms with van der Waals surface area (Å²) in [5.41, 5.74) is 0.229. The molecular formula is C15H31N3. The van der Waals surface area contributed by atoms with Gasteiger partial charge in [0.2, 0.25) is 0 Å². The molecule has 0 aromatic carbocycles. The Kier molecular flexibility index (Phi) is 4.35. The van der Waals surface area contributed by atoms with Crippen molar-refractivity contribution >= 4 is 0 Å². The van der Waals surface area contributed by atoms with E-state index in [1.165, 1.54) is 32.5 Å². The Labute approximate surface area is 113 Å². The van der Waals surface area contributed by atoms with Gasteiger partial charge in [-0.1, -0.05) is 0 Å². The fourth-order valence-electron chi connectivity index (χ4n) is 3.40. The van der Waals surface area contributed by atoms with E-state index in [9.17, 15) is 0 Å². The molecule has 0 spiro atoms. The Hall–Kier alpha value is -0.120. The number of hydrogen-bond acceptors (Lipinski definition) is 3. The molecule has 18 heavy (non-hydrogen) atoms. The Morgan fingerprint density at radius 1 is 1.28 bits per heavy atom. The van der Waals surface area contributed by atoms with Gasteiger partial charge in [0, 0.05) is 43.3 Å². The van der Waals surface area contributed by atoms with Crippen LogP contribution in [0.15, 0.2) is 0 Å². The first-order valence-electron chi connectivity index (χ1n) is 7.61. The number of hydrogen-bond donors (Lipinski definition) is 1. The third-order valence-electron chi connectivity index (χ3n) is 4.48. The number of nitrogens with zero attached hydrogens (tertiary/aromatic N) is 2. The van der Waals surface area contributed by atoms with Crippen LogP contribution in [0, 0.1) is 0 Å². The molecule has 0 aromatic rings. The predicted molar refractivity (Wildman–Crippen MR) is 78.0 cm³/mol. The Bertz CT molecular complexity index is 271. The van der Waals surface area contributed by atoms with Crippen molar-refractivity contribution < 1.29 is 0 Å². The maximum atomic E-state index is 3.64. The summed E-state index contributed by atoms with van der Waals surface area (Å²) < 4.78 is 0. The van der Waals surface area contributed by atoms with Crippen LogP contribution in [0.1, 0.15) is 47.5 Å². The maximum absolute atomic E-state index is 3.64. The molecule has 2 aliphatic heterocycles. The maximum Gasteiger partial charge on any atom is 0.0224 e. The van der Waals surface area contributed by atoms with E-state index in [2.05, 4.69) is 49.7 Å². The lowest BCUT2D eigenvalue weighted by Gasteiger charge is -2.45. The molecule has 0 bridgehead atoms.